The summed E-state index contributed by atoms with van der Waals surface area (Å²) < 4.78 is 10.4. The summed E-state index contributed by atoms with van der Waals surface area (Å²) in [6.07, 6.45) is 1.47. The molecule has 0 saturated carbocycles. The molecule has 0 aliphatic heterocycles. The number of ether oxygens (including phenoxy) is 2. The SMILES string of the molecule is COc1cc(C=C(C#N)C#N)c(OC)cc1C. The number of nitrogens with zero attached hydrogens (tertiary/aromatic N) is 2. The van der Waals surface area contributed by atoms with Gasteiger partial charge < -0.3 is 9.47 Å². The second-order valence-electron chi connectivity index (χ2n) is 3.35. The molecule has 1 aromatic rings. The molecule has 17 heavy (non-hydrogen) atoms. The number of allylic oxidation sites excluding steroid dienone is 1. The minimum Gasteiger partial charge on any atom is -0.496 e. The van der Waals surface area contributed by atoms with Crippen LogP contribution in [-0.2, 0) is 0 Å². The van der Waals surface area contributed by atoms with Crippen molar-refractivity contribution in [1.82, 2.24) is 0 Å². The lowest BCUT2D eigenvalue weighted by atomic mass is 10.1. The van der Waals surface area contributed by atoms with Gasteiger partial charge in [0.05, 0.1) is 14.2 Å². The maximum Gasteiger partial charge on any atom is 0.130 e. The second kappa shape index (κ2) is 5.58. The molecular formula is C13H12N2O2. The molecule has 0 aliphatic carbocycles. The standard InChI is InChI=1S/C13H12N2O2/c1-9-4-13(17-3)11(6-12(9)16-2)5-10(7-14)8-15/h4-6H,1-3H3. The summed E-state index contributed by atoms with van der Waals surface area (Å²) in [6.45, 7) is 1.89. The van der Waals surface area contributed by atoms with Crippen molar-refractivity contribution in [2.24, 2.45) is 0 Å². The van der Waals surface area contributed by atoms with E-state index in [1.54, 1.807) is 19.2 Å². The zero-order valence-electron chi connectivity index (χ0n) is 9.94. The number of hydrogen-bond donors (Lipinski definition) is 0. The Morgan fingerprint density at radius 3 is 2.18 bits per heavy atom. The lowest BCUT2D eigenvalue weighted by Gasteiger charge is -2.10. The van der Waals surface area contributed by atoms with E-state index in [1.807, 2.05) is 19.1 Å². The van der Waals surface area contributed by atoms with Crippen LogP contribution in [0.4, 0.5) is 0 Å². The monoisotopic (exact) mass is 228 g/mol. The Morgan fingerprint density at radius 1 is 1.12 bits per heavy atom. The van der Waals surface area contributed by atoms with Gasteiger partial charge in [-0.1, -0.05) is 0 Å². The van der Waals surface area contributed by atoms with E-state index in [0.717, 1.165) is 5.56 Å². The van der Waals surface area contributed by atoms with E-state index in [9.17, 15) is 0 Å². The van der Waals surface area contributed by atoms with E-state index in [2.05, 4.69) is 0 Å². The molecule has 0 fully saturated rings. The van der Waals surface area contributed by atoms with Gasteiger partial charge in [-0.2, -0.15) is 10.5 Å². The maximum absolute atomic E-state index is 8.72. The molecule has 0 bridgehead atoms. The van der Waals surface area contributed by atoms with Crippen LogP contribution in [0, 0.1) is 29.6 Å². The first-order chi connectivity index (χ1) is 8.15. The third-order valence-corrected chi connectivity index (χ3v) is 2.29. The summed E-state index contributed by atoms with van der Waals surface area (Å²) in [6, 6.07) is 7.16. The molecule has 1 aromatic carbocycles. The van der Waals surface area contributed by atoms with Crippen molar-refractivity contribution in [2.75, 3.05) is 14.2 Å². The van der Waals surface area contributed by atoms with Gasteiger partial charge in [0.15, 0.2) is 0 Å². The summed E-state index contributed by atoms with van der Waals surface area (Å²) >= 11 is 0. The van der Waals surface area contributed by atoms with E-state index in [-0.39, 0.29) is 5.57 Å². The Morgan fingerprint density at radius 2 is 1.71 bits per heavy atom. The van der Waals surface area contributed by atoms with Crippen LogP contribution >= 0.6 is 0 Å². The molecule has 0 aliphatic rings. The fourth-order valence-electron chi connectivity index (χ4n) is 1.43. The van der Waals surface area contributed by atoms with E-state index >= 15 is 0 Å². The van der Waals surface area contributed by atoms with Crippen LogP contribution in [-0.4, -0.2) is 14.2 Å². The number of benzene rings is 1. The maximum atomic E-state index is 8.72. The van der Waals surface area contributed by atoms with Gasteiger partial charge in [0, 0.05) is 5.56 Å². The number of methoxy groups -OCH3 is 2. The van der Waals surface area contributed by atoms with Gasteiger partial charge in [0.2, 0.25) is 0 Å². The van der Waals surface area contributed by atoms with Gasteiger partial charge in [0.1, 0.15) is 29.2 Å². The molecule has 0 atom stereocenters. The third kappa shape index (κ3) is 2.76. The molecule has 0 saturated heterocycles. The highest BCUT2D eigenvalue weighted by Crippen LogP contribution is 2.29. The molecule has 0 N–H and O–H groups in total. The lowest BCUT2D eigenvalue weighted by Crippen LogP contribution is -1.93. The Balaban J connectivity index is 3.38. The largest absolute Gasteiger partial charge is 0.496 e. The minimum absolute atomic E-state index is 0.0224. The van der Waals surface area contributed by atoms with Gasteiger partial charge in [-0.15, -0.1) is 0 Å². The molecular weight excluding hydrogens is 216 g/mol. The van der Waals surface area contributed by atoms with Crippen molar-refractivity contribution in [3.05, 3.63) is 28.8 Å². The van der Waals surface area contributed by atoms with Gasteiger partial charge in [-0.25, -0.2) is 0 Å². The zero-order chi connectivity index (χ0) is 12.8. The average Bonchev–Trinajstić information content (AvgIpc) is 2.36. The summed E-state index contributed by atoms with van der Waals surface area (Å²) in [5.41, 5.74) is 1.60. The highest BCUT2D eigenvalue weighted by atomic mass is 16.5. The number of nitriles is 2. The van der Waals surface area contributed by atoms with Crippen molar-refractivity contribution >= 4 is 6.08 Å². The Kier molecular flexibility index (Phi) is 4.14. The minimum atomic E-state index is 0.0224. The van der Waals surface area contributed by atoms with E-state index in [4.69, 9.17) is 20.0 Å². The number of aryl methyl sites for hydroxylation is 1. The average molecular weight is 228 g/mol. The second-order valence-corrected chi connectivity index (χ2v) is 3.35. The molecule has 0 heterocycles. The van der Waals surface area contributed by atoms with Gasteiger partial charge in [-0.3, -0.25) is 0 Å². The van der Waals surface area contributed by atoms with Crippen LogP contribution < -0.4 is 9.47 Å². The van der Waals surface area contributed by atoms with Gasteiger partial charge in [0.25, 0.3) is 0 Å². The van der Waals surface area contributed by atoms with E-state index < -0.39 is 0 Å². The summed E-state index contributed by atoms with van der Waals surface area (Å²) in [5, 5.41) is 17.4. The normalized spacial score (nSPS) is 8.76. The first-order valence-electron chi connectivity index (χ1n) is 4.90. The zero-order valence-corrected chi connectivity index (χ0v) is 9.94. The molecule has 0 aromatic heterocycles. The van der Waals surface area contributed by atoms with Crippen LogP contribution in [0.15, 0.2) is 17.7 Å². The smallest absolute Gasteiger partial charge is 0.130 e. The predicted molar refractivity (Wildman–Crippen MR) is 63.5 cm³/mol. The Labute approximate surface area is 100 Å². The molecule has 0 spiro atoms. The van der Waals surface area contributed by atoms with Crippen molar-refractivity contribution in [3.8, 4) is 23.6 Å². The number of hydrogen-bond acceptors (Lipinski definition) is 4. The quantitative estimate of drug-likeness (QED) is 0.745. The summed E-state index contributed by atoms with van der Waals surface area (Å²) in [4.78, 5) is 0. The van der Waals surface area contributed by atoms with Crippen LogP contribution in [0.25, 0.3) is 6.08 Å². The molecule has 0 amide bonds. The molecule has 4 nitrogen and oxygen atoms in total. The first kappa shape index (κ1) is 12.6. The van der Waals surface area contributed by atoms with Crippen molar-refractivity contribution in [3.63, 3.8) is 0 Å². The van der Waals surface area contributed by atoms with Crippen molar-refractivity contribution in [2.45, 2.75) is 6.92 Å². The number of rotatable bonds is 3. The Hall–Kier alpha value is -2.46. The van der Waals surface area contributed by atoms with Crippen LogP contribution in [0.2, 0.25) is 0 Å². The van der Waals surface area contributed by atoms with Gasteiger partial charge >= 0.3 is 0 Å². The topological polar surface area (TPSA) is 66.0 Å². The first-order valence-corrected chi connectivity index (χ1v) is 4.90. The van der Waals surface area contributed by atoms with E-state index in [0.29, 0.717) is 17.1 Å². The highest BCUT2D eigenvalue weighted by Gasteiger charge is 2.07. The van der Waals surface area contributed by atoms with Crippen molar-refractivity contribution < 1.29 is 9.47 Å². The molecule has 0 unspecified atom stereocenters. The highest BCUT2D eigenvalue weighted by molar-refractivity contribution is 5.68. The lowest BCUT2D eigenvalue weighted by molar-refractivity contribution is 0.400. The van der Waals surface area contributed by atoms with Gasteiger partial charge in [-0.05, 0) is 30.7 Å². The fourth-order valence-corrected chi connectivity index (χ4v) is 1.43. The Bertz CT molecular complexity index is 518. The summed E-state index contributed by atoms with van der Waals surface area (Å²) in [7, 11) is 3.11. The third-order valence-electron chi connectivity index (χ3n) is 2.29. The van der Waals surface area contributed by atoms with Crippen LogP contribution in [0.5, 0.6) is 11.5 Å². The predicted octanol–water partition coefficient (Wildman–Crippen LogP) is 2.44. The summed E-state index contributed by atoms with van der Waals surface area (Å²) in [5.74, 6) is 1.29. The van der Waals surface area contributed by atoms with Crippen molar-refractivity contribution in [1.29, 1.82) is 10.5 Å². The van der Waals surface area contributed by atoms with Crippen LogP contribution in [0.1, 0.15) is 11.1 Å². The molecule has 1 rings (SSSR count). The molecule has 4 heteroatoms. The van der Waals surface area contributed by atoms with Crippen LogP contribution in [0.3, 0.4) is 0 Å². The molecule has 0 radical (unpaired) electrons. The molecule has 86 valence electrons. The fraction of sp³-hybridized carbons (Fsp3) is 0.231. The van der Waals surface area contributed by atoms with E-state index in [1.165, 1.54) is 13.2 Å².